The van der Waals surface area contributed by atoms with Gasteiger partial charge in [0.1, 0.15) is 16.8 Å². The van der Waals surface area contributed by atoms with E-state index >= 15 is 0 Å². The maximum atomic E-state index is 12.8. The van der Waals surface area contributed by atoms with Gasteiger partial charge in [0.25, 0.3) is 0 Å². The number of hydrogen-bond acceptors (Lipinski definition) is 4. The van der Waals surface area contributed by atoms with Crippen LogP contribution in [0.3, 0.4) is 0 Å². The topological polar surface area (TPSA) is 86.4 Å². The van der Waals surface area contributed by atoms with Crippen molar-refractivity contribution in [1.82, 2.24) is 0 Å². The quantitative estimate of drug-likeness (QED) is 0.553. The molecule has 5 heteroatoms. The number of hydrogen-bond donors (Lipinski definition) is 2. The highest BCUT2D eigenvalue weighted by atomic mass is 32.2. The summed E-state index contributed by atoms with van der Waals surface area (Å²) in [4.78, 5) is 12.6. The van der Waals surface area contributed by atoms with Crippen LogP contribution in [0.2, 0.25) is 0 Å². The summed E-state index contributed by atoms with van der Waals surface area (Å²) < 4.78 is 12.8. The third kappa shape index (κ3) is 2.87. The first-order valence-corrected chi connectivity index (χ1v) is 12.5. The van der Waals surface area contributed by atoms with Crippen LogP contribution in [0, 0.1) is 28.6 Å². The maximum absolute atomic E-state index is 12.8. The highest BCUT2D eigenvalue weighted by Gasteiger charge is 2.66. The zero-order chi connectivity index (χ0) is 20.3. The van der Waals surface area contributed by atoms with Crippen molar-refractivity contribution >= 4 is 17.0 Å². The first kappa shape index (κ1) is 20.9. The minimum absolute atomic E-state index is 0.0656. The van der Waals surface area contributed by atoms with Crippen molar-refractivity contribution in [2.75, 3.05) is 12.3 Å². The number of Topliss-reactive ketones (excluding diaryl/α,β-unsaturated/α-hetero) is 1. The Morgan fingerprint density at radius 3 is 2.71 bits per heavy atom. The monoisotopic (exact) mass is 407 g/mol. The first-order valence-electron chi connectivity index (χ1n) is 11.2. The minimum atomic E-state index is -0.917. The van der Waals surface area contributed by atoms with Gasteiger partial charge in [0.05, 0.1) is 5.60 Å². The molecule has 4 nitrogen and oxygen atoms in total. The summed E-state index contributed by atoms with van der Waals surface area (Å²) in [6, 6.07) is 0. The highest BCUT2D eigenvalue weighted by molar-refractivity contribution is 7.92. The Labute approximate surface area is 172 Å². The fourth-order valence-electron chi connectivity index (χ4n) is 7.52. The third-order valence-corrected chi connectivity index (χ3v) is 11.2. The lowest BCUT2D eigenvalue weighted by molar-refractivity contribution is -0.183. The Kier molecular flexibility index (Phi) is 5.30. The summed E-state index contributed by atoms with van der Waals surface area (Å²) >= 11 is -0.917. The number of fused-ring (bicyclic) bond motifs is 5. The van der Waals surface area contributed by atoms with Gasteiger partial charge in [-0.1, -0.05) is 37.2 Å². The number of rotatable bonds is 4. The summed E-state index contributed by atoms with van der Waals surface area (Å²) in [5.41, 5.74) is 5.57. The highest BCUT2D eigenvalue weighted by Crippen LogP contribution is 2.67. The van der Waals surface area contributed by atoms with Crippen LogP contribution in [-0.4, -0.2) is 38.6 Å². The molecule has 0 bridgehead atoms. The molecule has 0 amide bonds. The van der Waals surface area contributed by atoms with E-state index in [4.69, 9.17) is 5.73 Å². The van der Waals surface area contributed by atoms with E-state index in [1.165, 1.54) is 0 Å². The number of nitrogens with two attached hydrogens (primary N) is 1. The van der Waals surface area contributed by atoms with Crippen molar-refractivity contribution in [3.05, 3.63) is 12.2 Å². The van der Waals surface area contributed by atoms with Crippen LogP contribution in [0.5, 0.6) is 0 Å². The predicted octanol–water partition coefficient (Wildman–Crippen LogP) is 3.35. The molecule has 0 aromatic rings. The van der Waals surface area contributed by atoms with Gasteiger partial charge in [-0.05, 0) is 62.8 Å². The predicted molar refractivity (Wildman–Crippen MR) is 113 cm³/mol. The fourth-order valence-corrected chi connectivity index (χ4v) is 9.14. The van der Waals surface area contributed by atoms with Gasteiger partial charge in [0.15, 0.2) is 0 Å². The number of carbonyl (C=O) groups excluding carboxylic acids is 1. The zero-order valence-electron chi connectivity index (χ0n) is 17.5. The van der Waals surface area contributed by atoms with Crippen LogP contribution < -0.4 is 5.73 Å². The summed E-state index contributed by atoms with van der Waals surface area (Å²) in [6.45, 7) is 9.46. The molecule has 4 aliphatic rings. The number of ketones is 1. The molecule has 28 heavy (non-hydrogen) atoms. The molecule has 0 radical (unpaired) electrons. The average molecular weight is 408 g/mol. The SMILES string of the molecule is C=C1C[C@@]2(O)C[C@H]([S+]([O-])CCCN)CC[C@]2(C)[C@H]2CC[C@]3(C)C(=O)CC[C@H]3[C@H]12. The molecule has 3 N–H and O–H groups in total. The van der Waals surface area contributed by atoms with Crippen molar-refractivity contribution in [3.63, 3.8) is 0 Å². The van der Waals surface area contributed by atoms with Gasteiger partial charge in [0, 0.05) is 30.1 Å². The minimum Gasteiger partial charge on any atom is -0.616 e. The summed E-state index contributed by atoms with van der Waals surface area (Å²) in [6.07, 6.45) is 7.49. The standard InChI is InChI=1S/C23H37NO3S/c1-15-13-23(26)14-16(28(27)12-4-11-24)7-10-22(23,3)18-8-9-21(2)17(20(15)18)5-6-19(21)25/h16-18,20,26H,1,4-14,24H2,2-3H3/t16-,17+,18+,20+,21+,22-,23-,28?/m1/s1. The van der Waals surface area contributed by atoms with E-state index in [0.717, 1.165) is 44.1 Å². The van der Waals surface area contributed by atoms with Gasteiger partial charge in [-0.25, -0.2) is 0 Å². The first-order chi connectivity index (χ1) is 13.2. The second-order valence-electron chi connectivity index (χ2n) is 10.5. The Bertz CT molecular complexity index is 668. The van der Waals surface area contributed by atoms with Crippen LogP contribution in [-0.2, 0) is 16.0 Å². The second-order valence-corrected chi connectivity index (χ2v) is 12.4. The van der Waals surface area contributed by atoms with Crippen molar-refractivity contribution in [3.8, 4) is 0 Å². The molecule has 0 aromatic heterocycles. The summed E-state index contributed by atoms with van der Waals surface area (Å²) in [7, 11) is 0. The van der Waals surface area contributed by atoms with E-state index in [-0.39, 0.29) is 16.1 Å². The largest absolute Gasteiger partial charge is 0.616 e. The molecule has 4 saturated carbocycles. The van der Waals surface area contributed by atoms with E-state index in [0.29, 0.717) is 55.1 Å². The van der Waals surface area contributed by atoms with E-state index in [9.17, 15) is 14.5 Å². The molecule has 0 aromatic carbocycles. The molecule has 8 atom stereocenters. The Morgan fingerprint density at radius 1 is 1.25 bits per heavy atom. The molecule has 1 unspecified atom stereocenters. The number of carbonyl (C=O) groups is 1. The molecular weight excluding hydrogens is 370 g/mol. The Balaban J connectivity index is 1.60. The van der Waals surface area contributed by atoms with E-state index < -0.39 is 16.8 Å². The molecule has 4 fully saturated rings. The molecule has 0 aliphatic heterocycles. The second kappa shape index (κ2) is 7.11. The van der Waals surface area contributed by atoms with Crippen LogP contribution in [0.25, 0.3) is 0 Å². The summed E-state index contributed by atoms with van der Waals surface area (Å²) in [5.74, 6) is 2.22. The van der Waals surface area contributed by atoms with Gasteiger partial charge < -0.3 is 15.4 Å². The van der Waals surface area contributed by atoms with Crippen LogP contribution >= 0.6 is 0 Å². The van der Waals surface area contributed by atoms with Crippen molar-refractivity contribution in [1.29, 1.82) is 0 Å². The molecule has 158 valence electrons. The molecule has 0 saturated heterocycles. The smallest absolute Gasteiger partial charge is 0.139 e. The van der Waals surface area contributed by atoms with Gasteiger partial charge in [0.2, 0.25) is 0 Å². The Hall–Kier alpha value is -0.360. The lowest BCUT2D eigenvalue weighted by Gasteiger charge is -2.64. The van der Waals surface area contributed by atoms with Crippen LogP contribution in [0.4, 0.5) is 0 Å². The summed E-state index contributed by atoms with van der Waals surface area (Å²) in [5, 5.41) is 11.9. The van der Waals surface area contributed by atoms with Crippen molar-refractivity contribution in [2.24, 2.45) is 34.3 Å². The van der Waals surface area contributed by atoms with E-state index in [1.54, 1.807) is 0 Å². The molecular formula is C23H37NO3S. The van der Waals surface area contributed by atoms with Crippen LogP contribution in [0.15, 0.2) is 12.2 Å². The fraction of sp³-hybridized carbons (Fsp3) is 0.870. The molecule has 0 heterocycles. The zero-order valence-corrected chi connectivity index (χ0v) is 18.4. The maximum Gasteiger partial charge on any atom is 0.139 e. The van der Waals surface area contributed by atoms with E-state index in [2.05, 4.69) is 20.4 Å². The van der Waals surface area contributed by atoms with Gasteiger partial charge >= 0.3 is 0 Å². The molecule has 4 aliphatic carbocycles. The van der Waals surface area contributed by atoms with E-state index in [1.807, 2.05) is 0 Å². The van der Waals surface area contributed by atoms with Gasteiger partial charge in [-0.2, -0.15) is 0 Å². The third-order valence-electron chi connectivity index (χ3n) is 9.32. The normalized spacial score (nSPS) is 49.3. The lowest BCUT2D eigenvalue weighted by Crippen LogP contribution is -2.64. The van der Waals surface area contributed by atoms with Gasteiger partial charge in [-0.3, -0.25) is 4.79 Å². The van der Waals surface area contributed by atoms with Crippen LogP contribution in [0.1, 0.15) is 71.6 Å². The van der Waals surface area contributed by atoms with Gasteiger partial charge in [-0.15, -0.1) is 0 Å². The number of aliphatic hydroxyl groups is 1. The van der Waals surface area contributed by atoms with Crippen molar-refractivity contribution in [2.45, 2.75) is 82.5 Å². The molecule has 4 rings (SSSR count). The Morgan fingerprint density at radius 2 is 2.00 bits per heavy atom. The average Bonchev–Trinajstić information content (AvgIpc) is 2.95. The molecule has 0 spiro atoms. The van der Waals surface area contributed by atoms with Crippen molar-refractivity contribution < 1.29 is 14.5 Å². The lowest BCUT2D eigenvalue weighted by atomic mass is 9.43.